The van der Waals surface area contributed by atoms with E-state index in [9.17, 15) is 4.79 Å². The first-order valence-electron chi connectivity index (χ1n) is 8.65. The molecule has 2 heterocycles. The molecule has 1 aliphatic heterocycles. The molecule has 8 heteroatoms. The Hall–Kier alpha value is -2.02. The van der Waals surface area contributed by atoms with Gasteiger partial charge in [-0.2, -0.15) is 0 Å². The number of nitrogens with zero attached hydrogens (tertiary/aromatic N) is 3. The fourth-order valence-corrected chi connectivity index (χ4v) is 3.02. The van der Waals surface area contributed by atoms with Crippen molar-refractivity contribution in [3.05, 3.63) is 48.2 Å². The molecule has 0 atom stereocenters. The van der Waals surface area contributed by atoms with Crippen LogP contribution >= 0.6 is 24.8 Å². The molecule has 1 aromatic heterocycles. The summed E-state index contributed by atoms with van der Waals surface area (Å²) in [5.74, 6) is 0.456. The van der Waals surface area contributed by atoms with Gasteiger partial charge >= 0.3 is 0 Å². The summed E-state index contributed by atoms with van der Waals surface area (Å²) in [5, 5.41) is 2.86. The van der Waals surface area contributed by atoms with Crippen molar-refractivity contribution in [1.82, 2.24) is 9.88 Å². The summed E-state index contributed by atoms with van der Waals surface area (Å²) in [6.45, 7) is 6.83. The Labute approximate surface area is 172 Å². The number of benzene rings is 1. The zero-order valence-corrected chi connectivity index (χ0v) is 17.1. The van der Waals surface area contributed by atoms with Gasteiger partial charge in [0.15, 0.2) is 0 Å². The van der Waals surface area contributed by atoms with E-state index >= 15 is 0 Å². The van der Waals surface area contributed by atoms with Gasteiger partial charge in [0.25, 0.3) is 0 Å². The minimum atomic E-state index is 0. The largest absolute Gasteiger partial charge is 0.384 e. The van der Waals surface area contributed by atoms with Gasteiger partial charge < -0.3 is 16.0 Å². The highest BCUT2D eigenvalue weighted by Gasteiger charge is 2.17. The Bertz CT molecular complexity index is 718. The third-order valence-corrected chi connectivity index (χ3v) is 4.46. The number of halogens is 2. The molecule has 1 fully saturated rings. The number of hydrogen-bond acceptors (Lipinski definition) is 5. The smallest absolute Gasteiger partial charge is 0.225 e. The van der Waals surface area contributed by atoms with Crippen LogP contribution in [0.4, 0.5) is 17.2 Å². The summed E-state index contributed by atoms with van der Waals surface area (Å²) in [5.41, 5.74) is 8.80. The second-order valence-corrected chi connectivity index (χ2v) is 6.44. The average molecular weight is 412 g/mol. The van der Waals surface area contributed by atoms with Crippen LogP contribution in [0.15, 0.2) is 42.6 Å². The van der Waals surface area contributed by atoms with E-state index in [1.807, 2.05) is 0 Å². The first-order chi connectivity index (χ1) is 12.1. The van der Waals surface area contributed by atoms with Crippen molar-refractivity contribution in [1.29, 1.82) is 0 Å². The van der Waals surface area contributed by atoms with Crippen molar-refractivity contribution >= 4 is 47.9 Å². The lowest BCUT2D eigenvalue weighted by atomic mass is 10.2. The molecule has 1 amide bonds. The summed E-state index contributed by atoms with van der Waals surface area (Å²) in [6, 6.07) is 12.1. The number of carbonyl (C=O) groups is 1. The number of anilines is 3. The van der Waals surface area contributed by atoms with Crippen molar-refractivity contribution in [2.75, 3.05) is 48.7 Å². The lowest BCUT2D eigenvalue weighted by Gasteiger charge is -2.36. The molecule has 148 valence electrons. The number of piperazine rings is 1. The van der Waals surface area contributed by atoms with E-state index in [-0.39, 0.29) is 30.7 Å². The van der Waals surface area contributed by atoms with Crippen LogP contribution in [0.25, 0.3) is 0 Å². The summed E-state index contributed by atoms with van der Waals surface area (Å²) < 4.78 is 0. The van der Waals surface area contributed by atoms with Crippen LogP contribution in [0.3, 0.4) is 0 Å². The molecule has 0 radical (unpaired) electrons. The van der Waals surface area contributed by atoms with E-state index in [1.165, 1.54) is 11.3 Å². The van der Waals surface area contributed by atoms with Gasteiger partial charge in [-0.1, -0.05) is 12.1 Å². The third-order valence-electron chi connectivity index (χ3n) is 4.46. The Kier molecular flexibility index (Phi) is 9.35. The Balaban J connectivity index is 0.00000182. The first kappa shape index (κ1) is 23.0. The molecular formula is C19H27Cl2N5O. The zero-order chi connectivity index (χ0) is 17.6. The standard InChI is InChI=1S/C19H25N5O.2ClH/c1-15-3-2-4-17(13-15)24-11-9-23(10-12-24)8-7-19(25)22-16-5-6-18(20)21-14-16;;/h2-6,13-14H,7-12H2,1H3,(H2,20,21)(H,22,25);2*1H. The molecule has 27 heavy (non-hydrogen) atoms. The predicted molar refractivity (Wildman–Crippen MR) is 116 cm³/mol. The van der Waals surface area contributed by atoms with Crippen molar-refractivity contribution in [3.63, 3.8) is 0 Å². The number of amides is 1. The van der Waals surface area contributed by atoms with Crippen LogP contribution in [0.1, 0.15) is 12.0 Å². The van der Waals surface area contributed by atoms with Crippen molar-refractivity contribution in [2.45, 2.75) is 13.3 Å². The first-order valence-corrected chi connectivity index (χ1v) is 8.65. The Morgan fingerprint density at radius 1 is 1.15 bits per heavy atom. The molecule has 0 saturated carbocycles. The highest BCUT2D eigenvalue weighted by Crippen LogP contribution is 2.18. The second-order valence-electron chi connectivity index (χ2n) is 6.44. The SMILES string of the molecule is Cc1cccc(N2CCN(CCC(=O)Nc3ccc(N)nc3)CC2)c1.Cl.Cl. The maximum atomic E-state index is 12.1. The number of hydrogen-bond donors (Lipinski definition) is 2. The minimum absolute atomic E-state index is 0. The van der Waals surface area contributed by atoms with Gasteiger partial charge in [0, 0.05) is 44.8 Å². The molecule has 3 rings (SSSR count). The fourth-order valence-electron chi connectivity index (χ4n) is 3.02. The monoisotopic (exact) mass is 411 g/mol. The van der Waals surface area contributed by atoms with E-state index in [1.54, 1.807) is 18.3 Å². The zero-order valence-electron chi connectivity index (χ0n) is 15.4. The van der Waals surface area contributed by atoms with Gasteiger partial charge in [0.2, 0.25) is 5.91 Å². The highest BCUT2D eigenvalue weighted by molar-refractivity contribution is 5.90. The molecular weight excluding hydrogens is 385 g/mol. The number of pyridine rings is 1. The molecule has 0 aliphatic carbocycles. The van der Waals surface area contributed by atoms with E-state index < -0.39 is 0 Å². The molecule has 1 aromatic carbocycles. The highest BCUT2D eigenvalue weighted by atomic mass is 35.5. The number of aromatic nitrogens is 1. The van der Waals surface area contributed by atoms with Gasteiger partial charge in [0.1, 0.15) is 5.82 Å². The summed E-state index contributed by atoms with van der Waals surface area (Å²) in [4.78, 5) is 20.8. The number of nitrogens with two attached hydrogens (primary N) is 1. The lowest BCUT2D eigenvalue weighted by Crippen LogP contribution is -2.47. The van der Waals surface area contributed by atoms with Crippen LogP contribution in [0.2, 0.25) is 0 Å². The lowest BCUT2D eigenvalue weighted by molar-refractivity contribution is -0.116. The molecule has 0 unspecified atom stereocenters. The number of rotatable bonds is 5. The van der Waals surface area contributed by atoms with E-state index in [2.05, 4.69) is 51.3 Å². The number of nitrogens with one attached hydrogen (secondary N) is 1. The van der Waals surface area contributed by atoms with Crippen LogP contribution in [-0.2, 0) is 4.79 Å². The topological polar surface area (TPSA) is 74.5 Å². The van der Waals surface area contributed by atoms with Crippen LogP contribution < -0.4 is 16.0 Å². The van der Waals surface area contributed by atoms with Crippen molar-refractivity contribution in [2.24, 2.45) is 0 Å². The van der Waals surface area contributed by atoms with Gasteiger partial charge in [-0.15, -0.1) is 24.8 Å². The Morgan fingerprint density at radius 3 is 2.52 bits per heavy atom. The molecule has 1 aliphatic rings. The maximum absolute atomic E-state index is 12.1. The van der Waals surface area contributed by atoms with E-state index in [4.69, 9.17) is 5.73 Å². The van der Waals surface area contributed by atoms with Crippen molar-refractivity contribution < 1.29 is 4.79 Å². The van der Waals surface area contributed by atoms with Crippen LogP contribution in [-0.4, -0.2) is 48.5 Å². The second kappa shape index (κ2) is 11.0. The quantitative estimate of drug-likeness (QED) is 0.790. The van der Waals surface area contributed by atoms with Gasteiger partial charge in [-0.25, -0.2) is 4.98 Å². The molecule has 0 bridgehead atoms. The Morgan fingerprint density at radius 2 is 1.89 bits per heavy atom. The normalized spacial score (nSPS) is 14.0. The van der Waals surface area contributed by atoms with Gasteiger partial charge in [-0.3, -0.25) is 9.69 Å². The maximum Gasteiger partial charge on any atom is 0.225 e. The van der Waals surface area contributed by atoms with E-state index in [0.717, 1.165) is 32.7 Å². The third kappa shape index (κ3) is 6.90. The number of carbonyl (C=O) groups excluding carboxylic acids is 1. The van der Waals surface area contributed by atoms with Gasteiger partial charge in [0.05, 0.1) is 11.9 Å². The number of nitrogen functional groups attached to an aromatic ring is 1. The molecule has 1 saturated heterocycles. The van der Waals surface area contributed by atoms with E-state index in [0.29, 0.717) is 17.9 Å². The summed E-state index contributed by atoms with van der Waals surface area (Å²) in [7, 11) is 0. The van der Waals surface area contributed by atoms with Crippen LogP contribution in [0.5, 0.6) is 0 Å². The summed E-state index contributed by atoms with van der Waals surface area (Å²) in [6.07, 6.45) is 2.06. The van der Waals surface area contributed by atoms with Crippen LogP contribution in [0, 0.1) is 6.92 Å². The van der Waals surface area contributed by atoms with Gasteiger partial charge in [-0.05, 0) is 36.8 Å². The number of aryl methyl sites for hydroxylation is 1. The average Bonchev–Trinajstić information content (AvgIpc) is 2.62. The molecule has 3 N–H and O–H groups in total. The predicted octanol–water partition coefficient (Wildman–Crippen LogP) is 2.97. The van der Waals surface area contributed by atoms with Crippen molar-refractivity contribution in [3.8, 4) is 0 Å². The summed E-state index contributed by atoms with van der Waals surface area (Å²) >= 11 is 0. The molecule has 0 spiro atoms. The minimum Gasteiger partial charge on any atom is -0.384 e. The molecule has 6 nitrogen and oxygen atoms in total. The molecule has 2 aromatic rings. The fraction of sp³-hybridized carbons (Fsp3) is 0.368.